The van der Waals surface area contributed by atoms with E-state index in [1.165, 1.54) is 17.0 Å². The molecule has 2 atom stereocenters. The molecule has 2 aromatic rings. The van der Waals surface area contributed by atoms with E-state index in [0.29, 0.717) is 11.1 Å². The summed E-state index contributed by atoms with van der Waals surface area (Å²) in [4.78, 5) is 26.9. The number of likely N-dealkylation sites (N-methyl/N-ethyl adjacent to an activating group) is 1. The average molecular weight is 356 g/mol. The molecule has 0 aromatic heterocycles. The van der Waals surface area contributed by atoms with Gasteiger partial charge in [-0.3, -0.25) is 9.59 Å². The lowest BCUT2D eigenvalue weighted by molar-refractivity contribution is -0.133. The quantitative estimate of drug-likeness (QED) is 0.824. The van der Waals surface area contributed by atoms with Gasteiger partial charge in [-0.2, -0.15) is 0 Å². The van der Waals surface area contributed by atoms with Crippen LogP contribution in [0, 0.1) is 11.7 Å². The first-order valence-electron chi connectivity index (χ1n) is 8.77. The second kappa shape index (κ2) is 9.13. The molecule has 2 rings (SSSR count). The number of carbonyl (C=O) groups excluding carboxylic acids is 2. The van der Waals surface area contributed by atoms with Crippen LogP contribution in [0.25, 0.3) is 0 Å². The Morgan fingerprint density at radius 3 is 2.42 bits per heavy atom. The zero-order valence-electron chi connectivity index (χ0n) is 15.4. The highest BCUT2D eigenvalue weighted by Crippen LogP contribution is 2.14. The van der Waals surface area contributed by atoms with E-state index in [0.717, 1.165) is 6.42 Å². The van der Waals surface area contributed by atoms with Gasteiger partial charge in [0.2, 0.25) is 5.91 Å². The van der Waals surface area contributed by atoms with E-state index in [9.17, 15) is 14.0 Å². The van der Waals surface area contributed by atoms with Gasteiger partial charge < -0.3 is 10.2 Å². The second-order valence-electron chi connectivity index (χ2n) is 6.53. The highest BCUT2D eigenvalue weighted by Gasteiger charge is 2.28. The van der Waals surface area contributed by atoms with Crippen LogP contribution in [0.2, 0.25) is 0 Å². The molecule has 2 unspecified atom stereocenters. The van der Waals surface area contributed by atoms with Crippen LogP contribution < -0.4 is 5.32 Å². The first-order chi connectivity index (χ1) is 12.4. The molecule has 0 radical (unpaired) electrons. The maximum absolute atomic E-state index is 13.4. The molecular weight excluding hydrogens is 331 g/mol. The predicted octanol–water partition coefficient (Wildman–Crippen LogP) is 3.63. The van der Waals surface area contributed by atoms with Crippen LogP contribution in [0.3, 0.4) is 0 Å². The van der Waals surface area contributed by atoms with E-state index in [1.807, 2.05) is 19.9 Å². The molecule has 1 N–H and O–H groups in total. The summed E-state index contributed by atoms with van der Waals surface area (Å²) < 4.78 is 13.4. The molecule has 0 fully saturated rings. The summed E-state index contributed by atoms with van der Waals surface area (Å²) in [5.74, 6) is -0.819. The van der Waals surface area contributed by atoms with Gasteiger partial charge in [0.1, 0.15) is 11.9 Å². The van der Waals surface area contributed by atoms with Crippen molar-refractivity contribution >= 4 is 11.8 Å². The molecule has 2 amide bonds. The van der Waals surface area contributed by atoms with Crippen LogP contribution in [0.1, 0.15) is 36.2 Å². The molecule has 0 aliphatic heterocycles. The molecule has 5 heteroatoms. The Hall–Kier alpha value is -2.69. The van der Waals surface area contributed by atoms with Crippen molar-refractivity contribution in [3.8, 4) is 0 Å². The lowest BCUT2D eigenvalue weighted by Crippen LogP contribution is -2.50. The van der Waals surface area contributed by atoms with Gasteiger partial charge in [0.25, 0.3) is 5.91 Å². The van der Waals surface area contributed by atoms with E-state index in [-0.39, 0.29) is 30.1 Å². The summed E-state index contributed by atoms with van der Waals surface area (Å²) in [6.07, 6.45) is 0.749. The predicted molar refractivity (Wildman–Crippen MR) is 100 cm³/mol. The standard InChI is InChI=1S/C21H25FN2O2/c1-4-15(2)19(23-20(25)17-10-6-5-7-11-17)21(26)24(3)14-16-9-8-12-18(22)13-16/h5-13,15,19H,4,14H2,1-3H3,(H,23,25). The molecule has 0 heterocycles. The van der Waals surface area contributed by atoms with Gasteiger partial charge in [0.15, 0.2) is 0 Å². The first kappa shape index (κ1) is 19.6. The van der Waals surface area contributed by atoms with Gasteiger partial charge in [0.05, 0.1) is 0 Å². The number of benzene rings is 2. The minimum Gasteiger partial charge on any atom is -0.340 e. The van der Waals surface area contributed by atoms with Crippen LogP contribution in [-0.4, -0.2) is 29.8 Å². The molecule has 26 heavy (non-hydrogen) atoms. The molecule has 4 nitrogen and oxygen atoms in total. The smallest absolute Gasteiger partial charge is 0.251 e. The fourth-order valence-corrected chi connectivity index (χ4v) is 2.72. The Bertz CT molecular complexity index is 749. The normalized spacial score (nSPS) is 12.9. The van der Waals surface area contributed by atoms with Crippen LogP contribution in [-0.2, 0) is 11.3 Å². The lowest BCUT2D eigenvalue weighted by atomic mass is 9.97. The van der Waals surface area contributed by atoms with Gasteiger partial charge in [-0.25, -0.2) is 4.39 Å². The van der Waals surface area contributed by atoms with E-state index in [1.54, 1.807) is 43.4 Å². The number of nitrogens with zero attached hydrogens (tertiary/aromatic N) is 1. The fourth-order valence-electron chi connectivity index (χ4n) is 2.72. The second-order valence-corrected chi connectivity index (χ2v) is 6.53. The van der Waals surface area contributed by atoms with Crippen molar-refractivity contribution in [3.63, 3.8) is 0 Å². The van der Waals surface area contributed by atoms with E-state index in [4.69, 9.17) is 0 Å². The van der Waals surface area contributed by atoms with Gasteiger partial charge in [0, 0.05) is 19.2 Å². The molecule has 0 aliphatic rings. The van der Waals surface area contributed by atoms with Crippen molar-refractivity contribution in [3.05, 3.63) is 71.5 Å². The number of nitrogens with one attached hydrogen (secondary N) is 1. The molecule has 0 bridgehead atoms. The Labute approximate surface area is 154 Å². The van der Waals surface area contributed by atoms with E-state index >= 15 is 0 Å². The maximum atomic E-state index is 13.4. The summed E-state index contributed by atoms with van der Waals surface area (Å²) in [7, 11) is 1.66. The number of amides is 2. The Kier molecular flexibility index (Phi) is 6.89. The van der Waals surface area contributed by atoms with Crippen molar-refractivity contribution in [2.75, 3.05) is 7.05 Å². The Balaban J connectivity index is 2.12. The molecule has 0 saturated carbocycles. The van der Waals surface area contributed by atoms with Gasteiger partial charge in [-0.05, 0) is 35.7 Å². The lowest BCUT2D eigenvalue weighted by Gasteiger charge is -2.28. The zero-order chi connectivity index (χ0) is 19.1. The topological polar surface area (TPSA) is 49.4 Å². The van der Waals surface area contributed by atoms with Crippen molar-refractivity contribution in [2.24, 2.45) is 5.92 Å². The first-order valence-corrected chi connectivity index (χ1v) is 8.77. The highest BCUT2D eigenvalue weighted by molar-refractivity contribution is 5.97. The van der Waals surface area contributed by atoms with Crippen molar-refractivity contribution in [1.29, 1.82) is 0 Å². The largest absolute Gasteiger partial charge is 0.340 e. The number of rotatable bonds is 7. The minimum atomic E-state index is -0.633. The SMILES string of the molecule is CCC(C)C(NC(=O)c1ccccc1)C(=O)N(C)Cc1cccc(F)c1. The maximum Gasteiger partial charge on any atom is 0.251 e. The molecule has 0 saturated heterocycles. The summed E-state index contributed by atoms with van der Waals surface area (Å²) >= 11 is 0. The van der Waals surface area contributed by atoms with Gasteiger partial charge in [-0.15, -0.1) is 0 Å². The number of hydrogen-bond donors (Lipinski definition) is 1. The van der Waals surface area contributed by atoms with Crippen molar-refractivity contribution < 1.29 is 14.0 Å². The zero-order valence-corrected chi connectivity index (χ0v) is 15.4. The fraction of sp³-hybridized carbons (Fsp3) is 0.333. The molecule has 138 valence electrons. The van der Waals surface area contributed by atoms with Gasteiger partial charge >= 0.3 is 0 Å². The third-order valence-corrected chi connectivity index (χ3v) is 4.49. The minimum absolute atomic E-state index is 0.0230. The Morgan fingerprint density at radius 2 is 1.81 bits per heavy atom. The van der Waals surface area contributed by atoms with Crippen molar-refractivity contribution in [1.82, 2.24) is 10.2 Å². The molecule has 0 spiro atoms. The van der Waals surface area contributed by atoms with Gasteiger partial charge in [-0.1, -0.05) is 50.6 Å². The highest BCUT2D eigenvalue weighted by atomic mass is 19.1. The third kappa shape index (κ3) is 5.15. The van der Waals surface area contributed by atoms with Crippen LogP contribution in [0.15, 0.2) is 54.6 Å². The summed E-state index contributed by atoms with van der Waals surface area (Å²) in [5, 5.41) is 2.86. The van der Waals surface area contributed by atoms with Crippen LogP contribution >= 0.6 is 0 Å². The number of carbonyl (C=O) groups is 2. The third-order valence-electron chi connectivity index (χ3n) is 4.49. The van der Waals surface area contributed by atoms with Crippen LogP contribution in [0.4, 0.5) is 4.39 Å². The van der Waals surface area contributed by atoms with E-state index in [2.05, 4.69) is 5.32 Å². The molecule has 2 aromatic carbocycles. The van der Waals surface area contributed by atoms with Crippen LogP contribution in [0.5, 0.6) is 0 Å². The average Bonchev–Trinajstić information content (AvgIpc) is 2.65. The van der Waals surface area contributed by atoms with Crippen molar-refractivity contribution in [2.45, 2.75) is 32.9 Å². The monoisotopic (exact) mass is 356 g/mol. The molecule has 0 aliphatic carbocycles. The number of hydrogen-bond acceptors (Lipinski definition) is 2. The Morgan fingerprint density at radius 1 is 1.12 bits per heavy atom. The summed E-state index contributed by atoms with van der Waals surface area (Å²) in [6.45, 7) is 4.20. The number of halogens is 1. The summed E-state index contributed by atoms with van der Waals surface area (Å²) in [6, 6.07) is 14.4. The van der Waals surface area contributed by atoms with E-state index < -0.39 is 6.04 Å². The summed E-state index contributed by atoms with van der Waals surface area (Å²) in [5.41, 5.74) is 1.22. The molecular formula is C21H25FN2O2.